The maximum absolute atomic E-state index is 5.56. The Kier molecular flexibility index (Phi) is 5.82. The van der Waals surface area contributed by atoms with Crippen LogP contribution in [-0.4, -0.2) is 23.4 Å². The molecular formula is C16H22BrN3O. The van der Waals surface area contributed by atoms with Gasteiger partial charge in [0.15, 0.2) is 0 Å². The smallest absolute Gasteiger partial charge is 0.125 e. The summed E-state index contributed by atoms with van der Waals surface area (Å²) < 4.78 is 8.60. The second-order valence-electron chi connectivity index (χ2n) is 4.85. The van der Waals surface area contributed by atoms with Gasteiger partial charge in [-0.25, -0.2) is 0 Å². The molecule has 1 atom stereocenters. The summed E-state index contributed by atoms with van der Waals surface area (Å²) in [5, 5.41) is 7.99. The Morgan fingerprint density at radius 1 is 1.33 bits per heavy atom. The van der Waals surface area contributed by atoms with Crippen molar-refractivity contribution in [2.75, 3.05) is 13.7 Å². The summed E-state index contributed by atoms with van der Waals surface area (Å²) in [5.74, 6) is 0.877. The van der Waals surface area contributed by atoms with Gasteiger partial charge in [-0.05, 0) is 38.1 Å². The van der Waals surface area contributed by atoms with Gasteiger partial charge in [0.05, 0.1) is 18.8 Å². The molecule has 2 aromatic rings. The van der Waals surface area contributed by atoms with E-state index in [1.165, 1.54) is 0 Å². The zero-order chi connectivity index (χ0) is 15.2. The van der Waals surface area contributed by atoms with E-state index in [0.29, 0.717) is 0 Å². The van der Waals surface area contributed by atoms with Crippen LogP contribution in [0, 0.1) is 0 Å². The van der Waals surface area contributed by atoms with Crippen LogP contribution in [0.1, 0.15) is 37.6 Å². The van der Waals surface area contributed by atoms with Gasteiger partial charge in [0.25, 0.3) is 0 Å². The van der Waals surface area contributed by atoms with E-state index in [1.54, 1.807) is 7.11 Å². The van der Waals surface area contributed by atoms with E-state index >= 15 is 0 Å². The van der Waals surface area contributed by atoms with Crippen LogP contribution >= 0.6 is 15.9 Å². The fourth-order valence-electron chi connectivity index (χ4n) is 2.44. The lowest BCUT2D eigenvalue weighted by atomic mass is 10.0. The molecule has 0 spiro atoms. The lowest BCUT2D eigenvalue weighted by molar-refractivity contribution is 0.401. The zero-order valence-electron chi connectivity index (χ0n) is 12.8. The van der Waals surface area contributed by atoms with Crippen LogP contribution < -0.4 is 10.1 Å². The van der Waals surface area contributed by atoms with Crippen molar-refractivity contribution in [1.29, 1.82) is 0 Å². The molecule has 1 aromatic carbocycles. The van der Waals surface area contributed by atoms with E-state index in [9.17, 15) is 0 Å². The van der Waals surface area contributed by atoms with Gasteiger partial charge in [-0.1, -0.05) is 28.9 Å². The molecule has 21 heavy (non-hydrogen) atoms. The van der Waals surface area contributed by atoms with Gasteiger partial charge in [-0.2, -0.15) is 5.10 Å². The first-order chi connectivity index (χ1) is 10.2. The van der Waals surface area contributed by atoms with Gasteiger partial charge in [0, 0.05) is 22.8 Å². The Labute approximate surface area is 134 Å². The molecule has 5 heteroatoms. The van der Waals surface area contributed by atoms with E-state index in [-0.39, 0.29) is 6.04 Å². The Morgan fingerprint density at radius 3 is 2.81 bits per heavy atom. The fourth-order valence-corrected chi connectivity index (χ4v) is 2.78. The van der Waals surface area contributed by atoms with Crippen molar-refractivity contribution < 1.29 is 4.74 Å². The second-order valence-corrected chi connectivity index (χ2v) is 5.76. The van der Waals surface area contributed by atoms with Crippen LogP contribution in [0.25, 0.3) is 0 Å². The molecule has 0 aliphatic rings. The normalized spacial score (nSPS) is 12.4. The van der Waals surface area contributed by atoms with Gasteiger partial charge in [0.1, 0.15) is 5.75 Å². The molecule has 1 unspecified atom stereocenters. The minimum Gasteiger partial charge on any atom is -0.496 e. The van der Waals surface area contributed by atoms with Crippen LogP contribution in [0.5, 0.6) is 5.75 Å². The number of hydrogen-bond donors (Lipinski definition) is 1. The van der Waals surface area contributed by atoms with Gasteiger partial charge < -0.3 is 10.1 Å². The molecule has 0 saturated heterocycles. The standard InChI is InChI=1S/C16H22BrN3O/c1-4-9-18-16(14-8-10-19-20(14)5-2)13-7-6-12(17)11-15(13)21-3/h6-8,10-11,16,18H,4-5,9H2,1-3H3. The maximum atomic E-state index is 5.56. The van der Waals surface area contributed by atoms with E-state index in [2.05, 4.69) is 52.3 Å². The second kappa shape index (κ2) is 7.61. The molecule has 2 rings (SSSR count). The lowest BCUT2D eigenvalue weighted by Gasteiger charge is -2.22. The number of ether oxygens (including phenoxy) is 1. The first-order valence-electron chi connectivity index (χ1n) is 7.29. The molecule has 0 aliphatic heterocycles. The largest absolute Gasteiger partial charge is 0.496 e. The van der Waals surface area contributed by atoms with Gasteiger partial charge in [-0.15, -0.1) is 0 Å². The van der Waals surface area contributed by atoms with Crippen LogP contribution in [0.2, 0.25) is 0 Å². The molecule has 1 heterocycles. The Balaban J connectivity index is 2.45. The number of halogens is 1. The topological polar surface area (TPSA) is 39.1 Å². The highest BCUT2D eigenvalue weighted by molar-refractivity contribution is 9.10. The average Bonchev–Trinajstić information content (AvgIpc) is 2.97. The van der Waals surface area contributed by atoms with Crippen molar-refractivity contribution in [3.8, 4) is 5.75 Å². The molecule has 0 radical (unpaired) electrons. The number of hydrogen-bond acceptors (Lipinski definition) is 3. The number of nitrogens with zero attached hydrogens (tertiary/aromatic N) is 2. The van der Waals surface area contributed by atoms with Crippen molar-refractivity contribution in [1.82, 2.24) is 15.1 Å². The molecule has 0 aliphatic carbocycles. The quantitative estimate of drug-likeness (QED) is 0.825. The summed E-state index contributed by atoms with van der Waals surface area (Å²) in [7, 11) is 1.71. The number of aryl methyl sites for hydroxylation is 1. The number of aromatic nitrogens is 2. The Morgan fingerprint density at radius 2 is 2.14 bits per heavy atom. The summed E-state index contributed by atoms with van der Waals surface area (Å²) in [4.78, 5) is 0. The van der Waals surface area contributed by atoms with Crippen molar-refractivity contribution in [2.24, 2.45) is 0 Å². The van der Waals surface area contributed by atoms with Crippen LogP contribution in [0.3, 0.4) is 0 Å². The minimum atomic E-state index is 0.0791. The molecule has 0 amide bonds. The highest BCUT2D eigenvalue weighted by Crippen LogP contribution is 2.32. The predicted octanol–water partition coefficient (Wildman–Crippen LogP) is 3.76. The van der Waals surface area contributed by atoms with Crippen molar-refractivity contribution in [3.63, 3.8) is 0 Å². The van der Waals surface area contributed by atoms with Gasteiger partial charge in [-0.3, -0.25) is 4.68 Å². The zero-order valence-corrected chi connectivity index (χ0v) is 14.4. The lowest BCUT2D eigenvalue weighted by Crippen LogP contribution is -2.26. The van der Waals surface area contributed by atoms with Crippen LogP contribution in [-0.2, 0) is 6.54 Å². The fraction of sp³-hybridized carbons (Fsp3) is 0.438. The predicted molar refractivity (Wildman–Crippen MR) is 88.7 cm³/mol. The summed E-state index contributed by atoms with van der Waals surface area (Å²) in [6, 6.07) is 8.30. The summed E-state index contributed by atoms with van der Waals surface area (Å²) >= 11 is 3.50. The molecular weight excluding hydrogens is 330 g/mol. The monoisotopic (exact) mass is 351 g/mol. The van der Waals surface area contributed by atoms with Crippen molar-refractivity contribution in [3.05, 3.63) is 46.2 Å². The third-order valence-electron chi connectivity index (χ3n) is 3.45. The third kappa shape index (κ3) is 3.66. The molecule has 0 bridgehead atoms. The third-order valence-corrected chi connectivity index (χ3v) is 3.94. The Hall–Kier alpha value is -1.33. The summed E-state index contributed by atoms with van der Waals surface area (Å²) in [5.41, 5.74) is 2.29. The van der Waals surface area contributed by atoms with E-state index in [4.69, 9.17) is 4.74 Å². The molecule has 114 valence electrons. The van der Waals surface area contributed by atoms with Crippen molar-refractivity contribution >= 4 is 15.9 Å². The SMILES string of the molecule is CCCNC(c1ccc(Br)cc1OC)c1ccnn1CC. The molecule has 0 saturated carbocycles. The molecule has 1 N–H and O–H groups in total. The average molecular weight is 352 g/mol. The molecule has 4 nitrogen and oxygen atoms in total. The molecule has 1 aromatic heterocycles. The first-order valence-corrected chi connectivity index (χ1v) is 8.09. The highest BCUT2D eigenvalue weighted by Gasteiger charge is 2.21. The first kappa shape index (κ1) is 16.0. The minimum absolute atomic E-state index is 0.0791. The summed E-state index contributed by atoms with van der Waals surface area (Å²) in [6.07, 6.45) is 2.93. The Bertz CT molecular complexity index is 583. The van der Waals surface area contributed by atoms with Gasteiger partial charge in [0.2, 0.25) is 0 Å². The van der Waals surface area contributed by atoms with Crippen LogP contribution in [0.15, 0.2) is 34.9 Å². The number of rotatable bonds is 7. The molecule has 0 fully saturated rings. The van der Waals surface area contributed by atoms with Crippen molar-refractivity contribution in [2.45, 2.75) is 32.9 Å². The van der Waals surface area contributed by atoms with Crippen LogP contribution in [0.4, 0.5) is 0 Å². The van der Waals surface area contributed by atoms with Gasteiger partial charge >= 0.3 is 0 Å². The highest BCUT2D eigenvalue weighted by atomic mass is 79.9. The van der Waals surface area contributed by atoms with E-state index in [1.807, 2.05) is 23.0 Å². The van der Waals surface area contributed by atoms with E-state index < -0.39 is 0 Å². The number of methoxy groups -OCH3 is 1. The maximum Gasteiger partial charge on any atom is 0.125 e. The summed E-state index contributed by atoms with van der Waals surface area (Å²) in [6.45, 7) is 6.07. The number of benzene rings is 1. The van der Waals surface area contributed by atoms with E-state index in [0.717, 1.165) is 41.0 Å². The number of nitrogens with one attached hydrogen (secondary N) is 1.